The predicted molar refractivity (Wildman–Crippen MR) is 58.5 cm³/mol. The van der Waals surface area contributed by atoms with E-state index in [1.807, 2.05) is 18.2 Å². The fraction of sp³-hybridized carbons (Fsp3) is 0.300. The van der Waals surface area contributed by atoms with Crippen molar-refractivity contribution in [1.82, 2.24) is 9.97 Å². The molecule has 0 atom stereocenters. The molecule has 0 saturated heterocycles. The van der Waals surface area contributed by atoms with Gasteiger partial charge in [0.1, 0.15) is 5.82 Å². The number of aromatic amines is 1. The third-order valence-corrected chi connectivity index (χ3v) is 2.35. The van der Waals surface area contributed by atoms with Crippen LogP contribution in [0, 0.1) is 0 Å². The number of aryl methyl sites for hydroxylation is 1. The van der Waals surface area contributed by atoms with Gasteiger partial charge >= 0.3 is 0 Å². The van der Waals surface area contributed by atoms with Crippen LogP contribution >= 0.6 is 11.6 Å². The molecule has 0 unspecified atom stereocenters. The second-order valence-electron chi connectivity index (χ2n) is 3.24. The second-order valence-corrected chi connectivity index (χ2v) is 3.67. The molecule has 3 N–H and O–H groups in total. The van der Waals surface area contributed by atoms with Gasteiger partial charge in [-0.15, -0.1) is 0 Å². The Labute approximate surface area is 87.3 Å². The number of hydrogen-bond acceptors (Lipinski definition) is 2. The maximum atomic E-state index is 5.86. The Bertz CT molecular complexity index is 436. The van der Waals surface area contributed by atoms with E-state index in [-0.39, 0.29) is 0 Å². The normalized spacial score (nSPS) is 11.0. The smallest absolute Gasteiger partial charge is 0.107 e. The van der Waals surface area contributed by atoms with Gasteiger partial charge < -0.3 is 10.7 Å². The Morgan fingerprint density at radius 2 is 2.29 bits per heavy atom. The summed E-state index contributed by atoms with van der Waals surface area (Å²) >= 11 is 5.86. The fourth-order valence-electron chi connectivity index (χ4n) is 1.42. The Kier molecular flexibility index (Phi) is 2.70. The SMILES string of the molecule is NCCCc1nc2ccc(Cl)cc2[nH]1. The first kappa shape index (κ1) is 9.49. The molecule has 0 saturated carbocycles. The zero-order valence-corrected chi connectivity index (χ0v) is 8.51. The number of H-pyrrole nitrogens is 1. The molecule has 1 aromatic carbocycles. The molecule has 0 fully saturated rings. The van der Waals surface area contributed by atoms with E-state index in [9.17, 15) is 0 Å². The summed E-state index contributed by atoms with van der Waals surface area (Å²) in [6.45, 7) is 0.692. The molecular weight excluding hydrogens is 198 g/mol. The number of aromatic nitrogens is 2. The molecule has 4 heteroatoms. The summed E-state index contributed by atoms with van der Waals surface area (Å²) in [5, 5.41) is 0.728. The van der Waals surface area contributed by atoms with Crippen LogP contribution < -0.4 is 5.73 Å². The van der Waals surface area contributed by atoms with Crippen molar-refractivity contribution in [1.29, 1.82) is 0 Å². The van der Waals surface area contributed by atoms with Crippen LogP contribution in [0.5, 0.6) is 0 Å². The standard InChI is InChI=1S/C10H12ClN3/c11-7-3-4-8-9(6-7)14-10(13-8)2-1-5-12/h3-4,6H,1-2,5,12H2,(H,13,14). The quantitative estimate of drug-likeness (QED) is 0.814. The number of benzene rings is 1. The largest absolute Gasteiger partial charge is 0.342 e. The van der Waals surface area contributed by atoms with Gasteiger partial charge in [0.25, 0.3) is 0 Å². The summed E-state index contributed by atoms with van der Waals surface area (Å²) < 4.78 is 0. The number of nitrogens with zero attached hydrogens (tertiary/aromatic N) is 1. The lowest BCUT2D eigenvalue weighted by molar-refractivity contribution is 0.796. The highest BCUT2D eigenvalue weighted by Crippen LogP contribution is 2.17. The summed E-state index contributed by atoms with van der Waals surface area (Å²) in [4.78, 5) is 7.64. The van der Waals surface area contributed by atoms with Crippen molar-refractivity contribution < 1.29 is 0 Å². The Hall–Kier alpha value is -1.06. The van der Waals surface area contributed by atoms with Crippen molar-refractivity contribution in [3.05, 3.63) is 29.0 Å². The van der Waals surface area contributed by atoms with Crippen LogP contribution in [0.1, 0.15) is 12.2 Å². The minimum Gasteiger partial charge on any atom is -0.342 e. The molecule has 14 heavy (non-hydrogen) atoms. The number of hydrogen-bond donors (Lipinski definition) is 2. The summed E-state index contributed by atoms with van der Waals surface area (Å²) in [6, 6.07) is 5.65. The number of nitrogens with two attached hydrogens (primary N) is 1. The van der Waals surface area contributed by atoms with Crippen molar-refractivity contribution >= 4 is 22.6 Å². The molecule has 0 bridgehead atoms. The van der Waals surface area contributed by atoms with Crippen LogP contribution in [-0.4, -0.2) is 16.5 Å². The zero-order valence-electron chi connectivity index (χ0n) is 7.76. The highest BCUT2D eigenvalue weighted by molar-refractivity contribution is 6.31. The maximum Gasteiger partial charge on any atom is 0.107 e. The lowest BCUT2D eigenvalue weighted by Crippen LogP contribution is -2.01. The van der Waals surface area contributed by atoms with Gasteiger partial charge in [0.05, 0.1) is 11.0 Å². The lowest BCUT2D eigenvalue weighted by atomic mass is 10.3. The molecule has 0 aliphatic heterocycles. The molecule has 74 valence electrons. The third-order valence-electron chi connectivity index (χ3n) is 2.11. The molecule has 0 aliphatic rings. The summed E-state index contributed by atoms with van der Waals surface area (Å²) in [6.07, 6.45) is 1.84. The van der Waals surface area contributed by atoms with Gasteiger partial charge in [0.15, 0.2) is 0 Å². The van der Waals surface area contributed by atoms with Gasteiger partial charge in [-0.1, -0.05) is 11.6 Å². The van der Waals surface area contributed by atoms with Crippen molar-refractivity contribution in [2.24, 2.45) is 5.73 Å². The van der Waals surface area contributed by atoms with E-state index in [1.54, 1.807) is 0 Å². The average Bonchev–Trinajstić information content (AvgIpc) is 2.56. The summed E-state index contributed by atoms with van der Waals surface area (Å²) in [5.41, 5.74) is 7.38. The van der Waals surface area contributed by atoms with Gasteiger partial charge in [-0.3, -0.25) is 0 Å². The van der Waals surface area contributed by atoms with Gasteiger partial charge in [-0.05, 0) is 31.2 Å². The second kappa shape index (κ2) is 3.98. The highest BCUT2D eigenvalue weighted by Gasteiger charge is 2.02. The molecule has 0 spiro atoms. The van der Waals surface area contributed by atoms with Crippen LogP contribution in [0.25, 0.3) is 11.0 Å². The average molecular weight is 210 g/mol. The van der Waals surface area contributed by atoms with Crippen molar-refractivity contribution in [3.8, 4) is 0 Å². The molecule has 2 aromatic rings. The molecule has 3 nitrogen and oxygen atoms in total. The van der Waals surface area contributed by atoms with Crippen LogP contribution in [0.2, 0.25) is 5.02 Å². The van der Waals surface area contributed by atoms with Crippen LogP contribution in [0.15, 0.2) is 18.2 Å². The maximum absolute atomic E-state index is 5.86. The van der Waals surface area contributed by atoms with E-state index >= 15 is 0 Å². The minimum atomic E-state index is 0.692. The molecular formula is C10H12ClN3. The van der Waals surface area contributed by atoms with Crippen LogP contribution in [-0.2, 0) is 6.42 Å². The molecule has 1 heterocycles. The van der Waals surface area contributed by atoms with Gasteiger partial charge in [-0.2, -0.15) is 0 Å². The summed E-state index contributed by atoms with van der Waals surface area (Å²) in [5.74, 6) is 0.979. The number of halogens is 1. The predicted octanol–water partition coefficient (Wildman–Crippen LogP) is 2.11. The fourth-order valence-corrected chi connectivity index (χ4v) is 1.59. The van der Waals surface area contributed by atoms with Gasteiger partial charge in [0.2, 0.25) is 0 Å². The van der Waals surface area contributed by atoms with E-state index < -0.39 is 0 Å². The molecule has 1 aromatic heterocycles. The number of imidazole rings is 1. The van der Waals surface area contributed by atoms with E-state index in [1.165, 1.54) is 0 Å². The molecule has 0 aliphatic carbocycles. The zero-order chi connectivity index (χ0) is 9.97. The molecule has 0 amide bonds. The highest BCUT2D eigenvalue weighted by atomic mass is 35.5. The first-order valence-electron chi connectivity index (χ1n) is 4.64. The van der Waals surface area contributed by atoms with Crippen LogP contribution in [0.4, 0.5) is 0 Å². The van der Waals surface area contributed by atoms with Crippen molar-refractivity contribution in [2.45, 2.75) is 12.8 Å². The van der Waals surface area contributed by atoms with Crippen molar-refractivity contribution in [3.63, 3.8) is 0 Å². The minimum absolute atomic E-state index is 0.692. The number of fused-ring (bicyclic) bond motifs is 1. The van der Waals surface area contributed by atoms with Gasteiger partial charge in [-0.25, -0.2) is 4.98 Å². The number of rotatable bonds is 3. The monoisotopic (exact) mass is 209 g/mol. The molecule has 0 radical (unpaired) electrons. The Morgan fingerprint density at radius 1 is 1.43 bits per heavy atom. The number of nitrogens with one attached hydrogen (secondary N) is 1. The summed E-state index contributed by atoms with van der Waals surface area (Å²) in [7, 11) is 0. The Balaban J connectivity index is 2.32. The van der Waals surface area contributed by atoms with E-state index in [0.717, 1.165) is 34.7 Å². The molecule has 2 rings (SSSR count). The first-order valence-corrected chi connectivity index (χ1v) is 5.01. The van der Waals surface area contributed by atoms with E-state index in [0.29, 0.717) is 6.54 Å². The Morgan fingerprint density at radius 3 is 3.07 bits per heavy atom. The first-order chi connectivity index (χ1) is 6.79. The van der Waals surface area contributed by atoms with E-state index in [4.69, 9.17) is 17.3 Å². The lowest BCUT2D eigenvalue weighted by Gasteiger charge is -1.91. The topological polar surface area (TPSA) is 54.7 Å². The van der Waals surface area contributed by atoms with Gasteiger partial charge in [0, 0.05) is 11.4 Å². The van der Waals surface area contributed by atoms with E-state index in [2.05, 4.69) is 9.97 Å². The van der Waals surface area contributed by atoms with Crippen LogP contribution in [0.3, 0.4) is 0 Å². The third kappa shape index (κ3) is 1.89. The van der Waals surface area contributed by atoms with Crippen molar-refractivity contribution in [2.75, 3.05) is 6.54 Å².